The van der Waals surface area contributed by atoms with Crippen molar-refractivity contribution in [2.24, 2.45) is 10.2 Å². The average Bonchev–Trinajstić information content (AvgIpc) is 2.95. The number of hydrogen-bond acceptors (Lipinski definition) is 5. The van der Waals surface area contributed by atoms with Gasteiger partial charge in [-0.1, -0.05) is 40.2 Å². The first-order chi connectivity index (χ1) is 13.9. The number of amides is 1. The first-order valence-electron chi connectivity index (χ1n) is 8.91. The Morgan fingerprint density at radius 2 is 1.97 bits per heavy atom. The van der Waals surface area contributed by atoms with Gasteiger partial charge >= 0.3 is 5.91 Å². The van der Waals surface area contributed by atoms with E-state index in [1.807, 2.05) is 67.5 Å². The van der Waals surface area contributed by atoms with Gasteiger partial charge in [0.25, 0.3) is 0 Å². The number of para-hydroxylation sites is 1. The lowest BCUT2D eigenvalue weighted by molar-refractivity contribution is 0.0990. The number of benzene rings is 2. The van der Waals surface area contributed by atoms with Crippen LogP contribution in [0.25, 0.3) is 21.8 Å². The molecular formula is C21H18BrN5O2. The fraction of sp³-hybridized carbons (Fsp3) is 0.143. The summed E-state index contributed by atoms with van der Waals surface area (Å²) in [5.41, 5.74) is 1.95. The zero-order chi connectivity index (χ0) is 20.5. The molecule has 2 aromatic carbocycles. The molecule has 0 aliphatic carbocycles. The smallest absolute Gasteiger partial charge is 0.313 e. The highest BCUT2D eigenvalue weighted by molar-refractivity contribution is 9.10. The fourth-order valence-electron chi connectivity index (χ4n) is 3.15. The van der Waals surface area contributed by atoms with Gasteiger partial charge in [-0.05, 0) is 44.4 Å². The van der Waals surface area contributed by atoms with Gasteiger partial charge in [0.05, 0.1) is 17.7 Å². The van der Waals surface area contributed by atoms with E-state index in [0.29, 0.717) is 17.6 Å². The zero-order valence-corrected chi connectivity index (χ0v) is 17.5. The van der Waals surface area contributed by atoms with Gasteiger partial charge in [0.1, 0.15) is 5.69 Å². The van der Waals surface area contributed by atoms with E-state index in [9.17, 15) is 9.90 Å². The van der Waals surface area contributed by atoms with Gasteiger partial charge in [-0.2, -0.15) is 0 Å². The molecular weight excluding hydrogens is 434 g/mol. The molecule has 29 heavy (non-hydrogen) atoms. The van der Waals surface area contributed by atoms with Crippen LogP contribution >= 0.6 is 15.9 Å². The number of aromatic nitrogens is 2. The van der Waals surface area contributed by atoms with Crippen LogP contribution in [-0.2, 0) is 6.67 Å². The first-order valence-corrected chi connectivity index (χ1v) is 9.70. The van der Waals surface area contributed by atoms with Gasteiger partial charge in [0.15, 0.2) is 5.69 Å². The quantitative estimate of drug-likeness (QED) is 0.437. The van der Waals surface area contributed by atoms with Crippen LogP contribution in [-0.4, -0.2) is 39.6 Å². The van der Waals surface area contributed by atoms with Crippen molar-refractivity contribution in [1.82, 2.24) is 14.5 Å². The van der Waals surface area contributed by atoms with E-state index in [0.717, 1.165) is 15.4 Å². The van der Waals surface area contributed by atoms with Crippen LogP contribution in [0.3, 0.4) is 0 Å². The summed E-state index contributed by atoms with van der Waals surface area (Å²) in [7, 11) is 3.81. The molecule has 0 spiro atoms. The number of azo groups is 1. The summed E-state index contributed by atoms with van der Waals surface area (Å²) in [5, 5.41) is 20.3. The number of carbonyl (C=O) groups is 1. The van der Waals surface area contributed by atoms with Gasteiger partial charge < -0.3 is 5.11 Å². The van der Waals surface area contributed by atoms with Crippen molar-refractivity contribution in [3.05, 3.63) is 64.8 Å². The third-order valence-electron chi connectivity index (χ3n) is 4.45. The number of rotatable bonds is 4. The lowest BCUT2D eigenvalue weighted by atomic mass is 10.2. The van der Waals surface area contributed by atoms with Gasteiger partial charge in [-0.3, -0.25) is 14.3 Å². The number of pyridine rings is 1. The molecule has 0 saturated carbocycles. The summed E-state index contributed by atoms with van der Waals surface area (Å²) < 4.78 is 2.56. The lowest BCUT2D eigenvalue weighted by Gasteiger charge is -2.13. The number of nitrogens with zero attached hydrogens (tertiary/aromatic N) is 5. The molecule has 4 aromatic rings. The Bertz CT molecular complexity index is 1260. The molecule has 1 amide bonds. The largest absolute Gasteiger partial charge is 0.493 e. The van der Waals surface area contributed by atoms with Crippen LogP contribution in [0.4, 0.5) is 5.69 Å². The first kappa shape index (κ1) is 19.2. The Kier molecular flexibility index (Phi) is 5.12. The van der Waals surface area contributed by atoms with E-state index in [2.05, 4.69) is 31.1 Å². The molecule has 0 unspecified atom stereocenters. The summed E-state index contributed by atoms with van der Waals surface area (Å²) in [5.74, 6) is -0.617. The molecule has 0 atom stereocenters. The lowest BCUT2D eigenvalue weighted by Crippen LogP contribution is -2.16. The number of aromatic hydroxyl groups is 1. The minimum Gasteiger partial charge on any atom is -0.493 e. The van der Waals surface area contributed by atoms with Crippen molar-refractivity contribution < 1.29 is 9.90 Å². The Hall–Kier alpha value is -3.10. The Labute approximate surface area is 175 Å². The Morgan fingerprint density at radius 3 is 2.76 bits per heavy atom. The van der Waals surface area contributed by atoms with Crippen molar-refractivity contribution in [3.63, 3.8) is 0 Å². The monoisotopic (exact) mass is 451 g/mol. The Balaban J connectivity index is 1.74. The molecule has 4 rings (SSSR count). The second-order valence-corrected chi connectivity index (χ2v) is 7.79. The molecule has 0 radical (unpaired) electrons. The number of hydrogen-bond donors (Lipinski definition) is 1. The van der Waals surface area contributed by atoms with E-state index in [4.69, 9.17) is 0 Å². The fourth-order valence-corrected chi connectivity index (χ4v) is 3.51. The van der Waals surface area contributed by atoms with E-state index in [1.165, 1.54) is 0 Å². The van der Waals surface area contributed by atoms with Gasteiger partial charge in [0, 0.05) is 15.2 Å². The summed E-state index contributed by atoms with van der Waals surface area (Å²) in [4.78, 5) is 18.8. The van der Waals surface area contributed by atoms with Crippen molar-refractivity contribution >= 4 is 49.3 Å². The molecule has 8 heteroatoms. The number of carbonyl (C=O) groups excluding carboxylic acids is 1. The molecule has 0 aliphatic heterocycles. The number of fused-ring (bicyclic) bond motifs is 2. The van der Waals surface area contributed by atoms with E-state index in [-0.39, 0.29) is 17.3 Å². The second-order valence-electron chi connectivity index (χ2n) is 6.88. The van der Waals surface area contributed by atoms with Crippen LogP contribution in [0.1, 0.15) is 10.5 Å². The molecule has 0 saturated heterocycles. The molecule has 0 fully saturated rings. The maximum Gasteiger partial charge on any atom is 0.313 e. The maximum absolute atomic E-state index is 12.5. The molecule has 1 N–H and O–H groups in total. The minimum absolute atomic E-state index is 0.0465. The standard InChI is InChI=1S/C21H18BrN5O2/c1-26(2)12-27-18-10-8-14(22)11-15(18)19(21(27)29)24-25-20(28)17-9-7-13-5-3-4-6-16(13)23-17/h3-11,29H,12H2,1-2H3. The highest BCUT2D eigenvalue weighted by atomic mass is 79.9. The van der Waals surface area contributed by atoms with Gasteiger partial charge in [-0.15, -0.1) is 10.2 Å². The summed E-state index contributed by atoms with van der Waals surface area (Å²) in [6.07, 6.45) is 0. The average molecular weight is 452 g/mol. The zero-order valence-electron chi connectivity index (χ0n) is 15.9. The third-order valence-corrected chi connectivity index (χ3v) is 4.95. The van der Waals surface area contributed by atoms with Crippen molar-refractivity contribution in [2.75, 3.05) is 14.1 Å². The van der Waals surface area contributed by atoms with Gasteiger partial charge in [-0.25, -0.2) is 4.98 Å². The van der Waals surface area contributed by atoms with Crippen LogP contribution in [0, 0.1) is 0 Å². The maximum atomic E-state index is 12.5. The molecule has 2 heterocycles. The highest BCUT2D eigenvalue weighted by Gasteiger charge is 2.18. The molecule has 0 aliphatic rings. The predicted octanol–water partition coefficient (Wildman–Crippen LogP) is 5.10. The van der Waals surface area contributed by atoms with Crippen LogP contribution < -0.4 is 0 Å². The van der Waals surface area contributed by atoms with Crippen molar-refractivity contribution in [1.29, 1.82) is 0 Å². The number of halogens is 1. The molecule has 7 nitrogen and oxygen atoms in total. The van der Waals surface area contributed by atoms with Crippen LogP contribution in [0.15, 0.2) is 69.3 Å². The summed E-state index contributed by atoms with van der Waals surface area (Å²) in [6, 6.07) is 16.6. The highest BCUT2D eigenvalue weighted by Crippen LogP contribution is 2.40. The normalized spacial score (nSPS) is 11.9. The van der Waals surface area contributed by atoms with E-state index >= 15 is 0 Å². The van der Waals surface area contributed by atoms with Crippen LogP contribution in [0.5, 0.6) is 5.88 Å². The van der Waals surface area contributed by atoms with E-state index in [1.54, 1.807) is 10.6 Å². The van der Waals surface area contributed by atoms with Gasteiger partial charge in [0.2, 0.25) is 5.88 Å². The minimum atomic E-state index is -0.571. The third kappa shape index (κ3) is 3.76. The SMILES string of the molecule is CN(C)Cn1c(O)c(N=NC(=O)c2ccc3ccccc3n2)c2cc(Br)ccc21. The topological polar surface area (TPSA) is 83.1 Å². The summed E-state index contributed by atoms with van der Waals surface area (Å²) >= 11 is 3.44. The van der Waals surface area contributed by atoms with Crippen molar-refractivity contribution in [2.45, 2.75) is 6.67 Å². The van der Waals surface area contributed by atoms with Crippen molar-refractivity contribution in [3.8, 4) is 5.88 Å². The Morgan fingerprint density at radius 1 is 1.17 bits per heavy atom. The summed E-state index contributed by atoms with van der Waals surface area (Å²) in [6.45, 7) is 0.458. The predicted molar refractivity (Wildman–Crippen MR) is 116 cm³/mol. The molecule has 2 aromatic heterocycles. The molecule has 0 bridgehead atoms. The van der Waals surface area contributed by atoms with Crippen LogP contribution in [0.2, 0.25) is 0 Å². The second kappa shape index (κ2) is 7.73. The molecule has 146 valence electrons. The van der Waals surface area contributed by atoms with E-state index < -0.39 is 5.91 Å².